The first-order chi connectivity index (χ1) is 11.4. The Balaban J connectivity index is 2.50. The molecule has 1 fully saturated rings. The third-order valence-electron chi connectivity index (χ3n) is 3.32. The molecule has 3 N–H and O–H groups in total. The van der Waals surface area contributed by atoms with Crippen LogP contribution in [0.3, 0.4) is 0 Å². The molecular weight excluding hydrogens is 328 g/mol. The van der Waals surface area contributed by atoms with Crippen molar-refractivity contribution in [3.8, 4) is 0 Å². The van der Waals surface area contributed by atoms with Crippen LogP contribution in [0.4, 0.5) is 0 Å². The number of rotatable bonds is 9. The molecule has 24 heavy (non-hydrogen) atoms. The lowest BCUT2D eigenvalue weighted by Crippen LogP contribution is -2.56. The molecule has 0 radical (unpaired) electrons. The summed E-state index contributed by atoms with van der Waals surface area (Å²) in [5.74, 6) is 0. The number of aliphatic hydroxyl groups is 1. The van der Waals surface area contributed by atoms with E-state index in [1.165, 1.54) is 6.08 Å². The number of aromatic nitrogens is 3. The monoisotopic (exact) mass is 346 g/mol. The lowest BCUT2D eigenvalue weighted by atomic mass is 10.4. The number of hydrogen-bond acceptors (Lipinski definition) is 9. The second-order valence-electron chi connectivity index (χ2n) is 5.09. The summed E-state index contributed by atoms with van der Waals surface area (Å²) in [4.78, 5) is 41.5. The Labute approximate surface area is 134 Å². The molecule has 0 bridgehead atoms. The van der Waals surface area contributed by atoms with Crippen molar-refractivity contribution < 1.29 is 25.1 Å². The van der Waals surface area contributed by atoms with Gasteiger partial charge < -0.3 is 9.84 Å². The largest absolute Gasteiger partial charge is 0.394 e. The zero-order chi connectivity index (χ0) is 17.9. The van der Waals surface area contributed by atoms with E-state index >= 15 is 0 Å². The van der Waals surface area contributed by atoms with Crippen molar-refractivity contribution in [3.05, 3.63) is 44.1 Å². The molecule has 2 atom stereocenters. The van der Waals surface area contributed by atoms with Crippen LogP contribution in [0.25, 0.3) is 0 Å². The summed E-state index contributed by atoms with van der Waals surface area (Å²) in [5, 5.41) is 25.8. The summed E-state index contributed by atoms with van der Waals surface area (Å²) < 4.78 is 7.29. The van der Waals surface area contributed by atoms with Gasteiger partial charge in [0.15, 0.2) is 0 Å². The maximum Gasteiger partial charge on any atom is 0.336 e. The quantitative estimate of drug-likeness (QED) is 0.243. The molecule has 1 aromatic heterocycles. The van der Waals surface area contributed by atoms with Crippen LogP contribution in [0.2, 0.25) is 0 Å². The standard InChI is InChI=1S/C12H18N4O8/c1-2-3-13-10(18)14(4-8(6-17)24-16(21)22)12(20)15(11(13)19)5-9-7-23-9/h2,8-9,17,21-22H,1,3-7H2. The number of nitrogens with zero attached hydrogens (tertiary/aromatic N) is 4. The lowest BCUT2D eigenvalue weighted by Gasteiger charge is -2.18. The van der Waals surface area contributed by atoms with Gasteiger partial charge >= 0.3 is 17.1 Å². The minimum atomic E-state index is -1.30. The fourth-order valence-corrected chi connectivity index (χ4v) is 2.12. The first-order valence-electron chi connectivity index (χ1n) is 7.01. The average Bonchev–Trinajstić information content (AvgIpc) is 3.35. The van der Waals surface area contributed by atoms with Crippen LogP contribution in [0, 0.1) is 0 Å². The Morgan fingerprint density at radius 2 is 1.83 bits per heavy atom. The minimum Gasteiger partial charge on any atom is -0.394 e. The lowest BCUT2D eigenvalue weighted by molar-refractivity contribution is -0.506. The first kappa shape index (κ1) is 18.3. The SMILES string of the molecule is C=CCn1c(=O)n(CC2CO2)c(=O)n(CC(CO)ON(O)O)c1=O. The van der Waals surface area contributed by atoms with Gasteiger partial charge in [0.2, 0.25) is 0 Å². The van der Waals surface area contributed by atoms with E-state index in [0.717, 1.165) is 9.13 Å². The smallest absolute Gasteiger partial charge is 0.336 e. The van der Waals surface area contributed by atoms with Gasteiger partial charge in [-0.3, -0.25) is 10.4 Å². The molecule has 0 amide bonds. The van der Waals surface area contributed by atoms with Crippen LogP contribution in [0.5, 0.6) is 0 Å². The second-order valence-corrected chi connectivity index (χ2v) is 5.09. The van der Waals surface area contributed by atoms with Crippen molar-refractivity contribution in [1.29, 1.82) is 0 Å². The van der Waals surface area contributed by atoms with Crippen LogP contribution in [0.15, 0.2) is 27.0 Å². The normalized spacial score (nSPS) is 17.9. The van der Waals surface area contributed by atoms with E-state index < -0.39 is 41.7 Å². The third-order valence-corrected chi connectivity index (χ3v) is 3.32. The van der Waals surface area contributed by atoms with Gasteiger partial charge in [-0.05, 0) is 0 Å². The molecule has 2 unspecified atom stereocenters. The van der Waals surface area contributed by atoms with Gasteiger partial charge in [0, 0.05) is 0 Å². The van der Waals surface area contributed by atoms with Crippen LogP contribution in [-0.4, -0.2) is 60.0 Å². The molecular formula is C12H18N4O8. The summed E-state index contributed by atoms with van der Waals surface area (Å²) >= 11 is 0. The third kappa shape index (κ3) is 4.05. The van der Waals surface area contributed by atoms with Gasteiger partial charge in [0.25, 0.3) is 0 Å². The van der Waals surface area contributed by atoms with Crippen molar-refractivity contribution in [2.45, 2.75) is 31.8 Å². The molecule has 134 valence electrons. The van der Waals surface area contributed by atoms with Crippen LogP contribution in [-0.2, 0) is 29.2 Å². The molecule has 2 heterocycles. The van der Waals surface area contributed by atoms with E-state index in [1.54, 1.807) is 0 Å². The van der Waals surface area contributed by atoms with Crippen LogP contribution in [0.1, 0.15) is 0 Å². The Bertz CT molecular complexity index is 760. The fraction of sp³-hybridized carbons (Fsp3) is 0.583. The van der Waals surface area contributed by atoms with E-state index in [2.05, 4.69) is 11.4 Å². The van der Waals surface area contributed by atoms with Crippen LogP contribution < -0.4 is 17.1 Å². The number of ether oxygens (including phenoxy) is 1. The Morgan fingerprint density at radius 1 is 1.25 bits per heavy atom. The van der Waals surface area contributed by atoms with Crippen LogP contribution >= 0.6 is 0 Å². The summed E-state index contributed by atoms with van der Waals surface area (Å²) in [6.45, 7) is 2.49. The van der Waals surface area contributed by atoms with E-state index in [1.807, 2.05) is 0 Å². The Morgan fingerprint density at radius 3 is 2.33 bits per heavy atom. The van der Waals surface area contributed by atoms with Crippen molar-refractivity contribution in [2.75, 3.05) is 13.2 Å². The minimum absolute atomic E-state index is 0.0220. The Hall–Kier alpha value is -2.09. The van der Waals surface area contributed by atoms with Crippen molar-refractivity contribution in [2.24, 2.45) is 0 Å². The summed E-state index contributed by atoms with van der Waals surface area (Å²) in [5.41, 5.74) is -2.64. The van der Waals surface area contributed by atoms with E-state index in [4.69, 9.17) is 20.3 Å². The maximum absolute atomic E-state index is 12.4. The zero-order valence-corrected chi connectivity index (χ0v) is 12.6. The average molecular weight is 346 g/mol. The fourth-order valence-electron chi connectivity index (χ4n) is 2.12. The molecule has 0 saturated carbocycles. The zero-order valence-electron chi connectivity index (χ0n) is 12.6. The summed E-state index contributed by atoms with van der Waals surface area (Å²) in [6, 6.07) is 0. The van der Waals surface area contributed by atoms with Gasteiger partial charge in [-0.2, -0.15) is 0 Å². The molecule has 1 aliphatic heterocycles. The van der Waals surface area contributed by atoms with Crippen molar-refractivity contribution in [3.63, 3.8) is 0 Å². The second kappa shape index (κ2) is 7.65. The predicted molar refractivity (Wildman–Crippen MR) is 76.5 cm³/mol. The van der Waals surface area contributed by atoms with E-state index in [9.17, 15) is 14.4 Å². The summed E-state index contributed by atoms with van der Waals surface area (Å²) in [6.07, 6.45) is -0.266. The molecule has 12 nitrogen and oxygen atoms in total. The highest BCUT2D eigenvalue weighted by atomic mass is 17.1. The number of epoxide rings is 1. The number of hydrogen-bond donors (Lipinski definition) is 3. The summed E-state index contributed by atoms with van der Waals surface area (Å²) in [7, 11) is 0. The molecule has 0 aliphatic carbocycles. The predicted octanol–water partition coefficient (Wildman–Crippen LogP) is -2.87. The molecule has 1 aromatic rings. The molecule has 0 spiro atoms. The Kier molecular flexibility index (Phi) is 5.82. The molecule has 0 aromatic carbocycles. The van der Waals surface area contributed by atoms with Gasteiger partial charge in [-0.15, -0.1) is 6.58 Å². The van der Waals surface area contributed by atoms with Crippen molar-refractivity contribution >= 4 is 0 Å². The van der Waals surface area contributed by atoms with Gasteiger partial charge in [-0.1, -0.05) is 6.08 Å². The van der Waals surface area contributed by atoms with Gasteiger partial charge in [0.05, 0.1) is 44.3 Å². The van der Waals surface area contributed by atoms with E-state index in [0.29, 0.717) is 11.2 Å². The van der Waals surface area contributed by atoms with E-state index in [-0.39, 0.29) is 19.2 Å². The molecule has 1 aliphatic rings. The highest BCUT2D eigenvalue weighted by Gasteiger charge is 2.27. The maximum atomic E-state index is 12.4. The van der Waals surface area contributed by atoms with Crippen molar-refractivity contribution in [1.82, 2.24) is 19.1 Å². The first-order valence-corrected chi connectivity index (χ1v) is 7.01. The molecule has 2 rings (SSSR count). The molecule has 1 saturated heterocycles. The number of aliphatic hydroxyl groups excluding tert-OH is 1. The molecule has 12 heteroatoms. The highest BCUT2D eigenvalue weighted by Crippen LogP contribution is 2.09. The highest BCUT2D eigenvalue weighted by molar-refractivity contribution is 4.85. The number of allylic oxidation sites excluding steroid dienone is 1. The van der Waals surface area contributed by atoms with Gasteiger partial charge in [0.1, 0.15) is 6.10 Å². The topological polar surface area (TPSA) is 152 Å². The van der Waals surface area contributed by atoms with Gasteiger partial charge in [-0.25, -0.2) is 32.9 Å².